The van der Waals surface area contributed by atoms with E-state index in [1.807, 2.05) is 60.7 Å². The first-order valence-electron chi connectivity index (χ1n) is 8.06. The van der Waals surface area contributed by atoms with Crippen LogP contribution in [-0.2, 0) is 4.79 Å². The van der Waals surface area contributed by atoms with Crippen molar-refractivity contribution in [2.75, 3.05) is 7.11 Å². The number of carbonyl (C=O) groups is 1. The molecule has 0 saturated heterocycles. The van der Waals surface area contributed by atoms with E-state index in [1.165, 1.54) is 0 Å². The van der Waals surface area contributed by atoms with Crippen LogP contribution in [-0.4, -0.2) is 13.4 Å². The molecule has 2 aliphatic heterocycles. The normalized spacial score (nSPS) is 19.6. The second kappa shape index (κ2) is 6.65. The summed E-state index contributed by atoms with van der Waals surface area (Å²) in [7, 11) is 0.970. The van der Waals surface area contributed by atoms with E-state index >= 15 is 0 Å². The Labute approximate surface area is 149 Å². The molecule has 126 valence electrons. The zero-order valence-corrected chi connectivity index (χ0v) is 14.6. The number of carbonyl (C=O) groups excluding carboxylic acids is 1. The largest absolute Gasteiger partial charge is 0.497 e. The maximum atomic E-state index is 12.0. The third kappa shape index (κ3) is 2.79. The van der Waals surface area contributed by atoms with E-state index in [2.05, 4.69) is 10.8 Å². The third-order valence-electron chi connectivity index (χ3n) is 4.36. The molecule has 0 amide bonds. The highest BCUT2D eigenvalue weighted by atomic mass is 32.2. The standard InChI is InChI=1S/C21H18O3S/c1-23-16-10-8-15(9-11-16)20-21(25-12-4-5-13-25)18(14-22)17-6-2-3-7-19(17)24-20/h2-14,18,25H,1H3. The van der Waals surface area contributed by atoms with Gasteiger partial charge in [0.05, 0.1) is 13.0 Å². The molecule has 4 heteroatoms. The van der Waals surface area contributed by atoms with Gasteiger partial charge in [0.1, 0.15) is 23.5 Å². The second-order valence-electron chi connectivity index (χ2n) is 5.79. The molecule has 1 atom stereocenters. The van der Waals surface area contributed by atoms with Crippen LogP contribution >= 0.6 is 10.9 Å². The van der Waals surface area contributed by atoms with E-state index in [-0.39, 0.29) is 5.92 Å². The van der Waals surface area contributed by atoms with Crippen molar-refractivity contribution in [2.45, 2.75) is 5.92 Å². The summed E-state index contributed by atoms with van der Waals surface area (Å²) in [5.41, 5.74) is 1.88. The number of hydrogen-bond donors (Lipinski definition) is 1. The fourth-order valence-electron chi connectivity index (χ4n) is 3.14. The SMILES string of the molecule is COc1ccc(C2=C([SH]3C=CC=C3)C(C=O)c3ccccc3O2)cc1. The second-order valence-corrected chi connectivity index (χ2v) is 7.68. The zero-order valence-electron chi connectivity index (χ0n) is 13.8. The molecule has 0 aromatic heterocycles. The minimum atomic E-state index is -0.676. The van der Waals surface area contributed by atoms with Crippen LogP contribution in [0.25, 0.3) is 5.76 Å². The number of ether oxygens (including phenoxy) is 2. The molecule has 2 heterocycles. The molecule has 0 radical (unpaired) electrons. The van der Waals surface area contributed by atoms with Crippen molar-refractivity contribution in [2.24, 2.45) is 0 Å². The topological polar surface area (TPSA) is 35.5 Å². The summed E-state index contributed by atoms with van der Waals surface area (Å²) in [6.07, 6.45) is 5.10. The number of fused-ring (bicyclic) bond motifs is 1. The highest BCUT2D eigenvalue weighted by molar-refractivity contribution is 8.25. The predicted octanol–water partition coefficient (Wildman–Crippen LogP) is 4.78. The molecule has 25 heavy (non-hydrogen) atoms. The van der Waals surface area contributed by atoms with Crippen LogP contribution in [0, 0.1) is 0 Å². The van der Waals surface area contributed by atoms with Crippen LogP contribution in [0.4, 0.5) is 0 Å². The lowest BCUT2D eigenvalue weighted by molar-refractivity contribution is -0.108. The van der Waals surface area contributed by atoms with Gasteiger partial charge in [-0.3, -0.25) is 0 Å². The fraction of sp³-hybridized carbons (Fsp3) is 0.0952. The summed E-state index contributed by atoms with van der Waals surface area (Å²) in [6, 6.07) is 15.5. The zero-order chi connectivity index (χ0) is 17.2. The lowest BCUT2D eigenvalue weighted by Gasteiger charge is -2.31. The lowest BCUT2D eigenvalue weighted by atomic mass is 9.94. The summed E-state index contributed by atoms with van der Waals surface area (Å²) >= 11 is 0. The molecule has 4 rings (SSSR count). The van der Waals surface area contributed by atoms with Crippen LogP contribution in [0.5, 0.6) is 11.5 Å². The minimum absolute atomic E-state index is 0.291. The molecule has 2 aliphatic rings. The van der Waals surface area contributed by atoms with Crippen molar-refractivity contribution in [3.8, 4) is 11.5 Å². The number of thiol groups is 1. The van der Waals surface area contributed by atoms with E-state index in [4.69, 9.17) is 9.47 Å². The van der Waals surface area contributed by atoms with Crippen molar-refractivity contribution < 1.29 is 14.3 Å². The molecule has 2 aromatic rings. The van der Waals surface area contributed by atoms with Gasteiger partial charge in [-0.1, -0.05) is 30.4 Å². The lowest BCUT2D eigenvalue weighted by Crippen LogP contribution is -2.16. The molecule has 0 bridgehead atoms. The van der Waals surface area contributed by atoms with Crippen molar-refractivity contribution in [1.82, 2.24) is 0 Å². The Morgan fingerprint density at radius 1 is 1.04 bits per heavy atom. The minimum Gasteiger partial charge on any atom is -0.497 e. The van der Waals surface area contributed by atoms with Crippen LogP contribution in [0.15, 0.2) is 76.4 Å². The van der Waals surface area contributed by atoms with Gasteiger partial charge in [-0.05, 0) is 41.1 Å². The Hall–Kier alpha value is -2.72. The van der Waals surface area contributed by atoms with Gasteiger partial charge in [-0.15, -0.1) is 0 Å². The Kier molecular flexibility index (Phi) is 4.20. The fourth-order valence-corrected chi connectivity index (χ4v) is 5.06. The number of hydrogen-bond acceptors (Lipinski definition) is 3. The monoisotopic (exact) mass is 350 g/mol. The number of allylic oxidation sites excluding steroid dienone is 3. The van der Waals surface area contributed by atoms with Gasteiger partial charge in [-0.2, -0.15) is 10.9 Å². The van der Waals surface area contributed by atoms with Crippen LogP contribution in [0.2, 0.25) is 0 Å². The van der Waals surface area contributed by atoms with Crippen LogP contribution in [0.3, 0.4) is 0 Å². The van der Waals surface area contributed by atoms with Crippen molar-refractivity contribution in [3.05, 3.63) is 87.5 Å². The summed E-state index contributed by atoms with van der Waals surface area (Å²) in [5, 5.41) is 4.31. The van der Waals surface area contributed by atoms with Gasteiger partial charge in [0.2, 0.25) is 0 Å². The first kappa shape index (κ1) is 15.8. The average Bonchev–Trinajstić information content (AvgIpc) is 3.21. The van der Waals surface area contributed by atoms with Gasteiger partial charge in [-0.25, -0.2) is 0 Å². The Bertz CT molecular complexity index is 882. The Morgan fingerprint density at radius 3 is 2.44 bits per heavy atom. The molecule has 1 unspecified atom stereocenters. The molecule has 2 aromatic carbocycles. The maximum Gasteiger partial charge on any atom is 0.144 e. The first-order valence-corrected chi connectivity index (χ1v) is 9.54. The molecular weight excluding hydrogens is 332 g/mol. The van der Waals surface area contributed by atoms with Crippen molar-refractivity contribution in [1.29, 1.82) is 0 Å². The molecule has 0 fully saturated rings. The average molecular weight is 350 g/mol. The summed E-state index contributed by atoms with van der Waals surface area (Å²) < 4.78 is 11.5. The van der Waals surface area contributed by atoms with E-state index in [1.54, 1.807) is 7.11 Å². The molecule has 3 nitrogen and oxygen atoms in total. The van der Waals surface area contributed by atoms with Gasteiger partial charge >= 0.3 is 0 Å². The van der Waals surface area contributed by atoms with Crippen LogP contribution < -0.4 is 9.47 Å². The van der Waals surface area contributed by atoms with E-state index in [9.17, 15) is 4.79 Å². The summed E-state index contributed by atoms with van der Waals surface area (Å²) in [4.78, 5) is 13.1. The van der Waals surface area contributed by atoms with E-state index in [0.717, 1.165) is 39.6 Å². The van der Waals surface area contributed by atoms with Gasteiger partial charge in [0, 0.05) is 16.0 Å². The number of para-hydroxylation sites is 1. The highest BCUT2D eigenvalue weighted by Gasteiger charge is 2.32. The van der Waals surface area contributed by atoms with E-state index in [0.29, 0.717) is 0 Å². The number of methoxy groups -OCH3 is 1. The molecular formula is C21H18O3S. The maximum absolute atomic E-state index is 12.0. The highest BCUT2D eigenvalue weighted by Crippen LogP contribution is 2.54. The van der Waals surface area contributed by atoms with Crippen molar-refractivity contribution >= 4 is 22.9 Å². The number of rotatable bonds is 4. The molecule has 0 spiro atoms. The van der Waals surface area contributed by atoms with Gasteiger partial charge in [0.15, 0.2) is 0 Å². The Balaban J connectivity index is 1.90. The quantitative estimate of drug-likeness (QED) is 0.637. The summed E-state index contributed by atoms with van der Waals surface area (Å²) in [5.74, 6) is 2.03. The molecule has 0 saturated carbocycles. The summed E-state index contributed by atoms with van der Waals surface area (Å²) in [6.45, 7) is 0. The van der Waals surface area contributed by atoms with Crippen molar-refractivity contribution in [3.63, 3.8) is 0 Å². The third-order valence-corrected chi connectivity index (χ3v) is 6.39. The van der Waals surface area contributed by atoms with Crippen LogP contribution in [0.1, 0.15) is 17.0 Å². The smallest absolute Gasteiger partial charge is 0.144 e. The number of aldehydes is 1. The Morgan fingerprint density at radius 2 is 1.76 bits per heavy atom. The van der Waals surface area contributed by atoms with Gasteiger partial charge in [0.25, 0.3) is 0 Å². The van der Waals surface area contributed by atoms with E-state index < -0.39 is 10.9 Å². The predicted molar refractivity (Wildman–Crippen MR) is 103 cm³/mol. The molecule has 0 N–H and O–H groups in total. The number of benzene rings is 2. The van der Waals surface area contributed by atoms with Gasteiger partial charge < -0.3 is 14.3 Å². The first-order chi connectivity index (χ1) is 12.3. The molecule has 0 aliphatic carbocycles.